The Morgan fingerprint density at radius 3 is 1.32 bits per heavy atom. The smallest absolute Gasteiger partial charge is 0.337 e. The molecule has 0 bridgehead atoms. The molecule has 2 aromatic carbocycles. The number of hydrogen-bond acceptors (Lipinski definition) is 6. The van der Waals surface area contributed by atoms with Gasteiger partial charge in [0, 0.05) is 0 Å². The van der Waals surface area contributed by atoms with Gasteiger partial charge in [-0.3, -0.25) is 19.4 Å². The summed E-state index contributed by atoms with van der Waals surface area (Å²) in [4.78, 5) is 50.4. The highest BCUT2D eigenvalue weighted by Gasteiger charge is 2.42. The van der Waals surface area contributed by atoms with E-state index in [9.17, 15) is 19.2 Å². The number of benzene rings is 2. The third kappa shape index (κ3) is 3.11. The molecule has 2 aromatic rings. The molecule has 1 aliphatic rings. The fourth-order valence-electron chi connectivity index (χ4n) is 2.79. The molecule has 0 atom stereocenters. The van der Waals surface area contributed by atoms with E-state index < -0.39 is 23.8 Å². The van der Waals surface area contributed by atoms with Crippen LogP contribution < -0.4 is 9.80 Å². The van der Waals surface area contributed by atoms with Crippen LogP contribution in [0.3, 0.4) is 0 Å². The molecule has 0 spiro atoms. The van der Waals surface area contributed by atoms with Crippen molar-refractivity contribution >= 4 is 35.1 Å². The van der Waals surface area contributed by atoms with Crippen molar-refractivity contribution in [3.63, 3.8) is 0 Å². The standard InChI is InChI=1S/C20H16N2O6/c1-12-21(15-8-4-13(5-9-15)19(25)27-2)17(23)18(24)22(12)16-10-6-14(7-11-16)20(26)28-3/h4-11H,1H2,2-3H3. The summed E-state index contributed by atoms with van der Waals surface area (Å²) in [6.07, 6.45) is 0. The number of rotatable bonds is 4. The molecular formula is C20H16N2O6. The van der Waals surface area contributed by atoms with Crippen molar-refractivity contribution in [1.82, 2.24) is 0 Å². The molecule has 1 saturated heterocycles. The fraction of sp³-hybridized carbons (Fsp3) is 0.100. The molecule has 1 aliphatic heterocycles. The predicted octanol–water partition coefficient (Wildman–Crippen LogP) is 2.11. The maximum atomic E-state index is 12.5. The molecule has 8 nitrogen and oxygen atoms in total. The number of amides is 2. The van der Waals surface area contributed by atoms with E-state index in [1.54, 1.807) is 0 Å². The normalized spacial score (nSPS) is 13.7. The number of hydrogen-bond donors (Lipinski definition) is 0. The lowest BCUT2D eigenvalue weighted by atomic mass is 10.2. The number of ether oxygens (including phenoxy) is 2. The summed E-state index contributed by atoms with van der Waals surface area (Å²) in [6.45, 7) is 3.84. The maximum absolute atomic E-state index is 12.5. The second-order valence-corrected chi connectivity index (χ2v) is 5.77. The molecule has 1 heterocycles. The summed E-state index contributed by atoms with van der Waals surface area (Å²) in [6, 6.07) is 12.0. The van der Waals surface area contributed by atoms with Crippen LogP contribution >= 0.6 is 0 Å². The Bertz CT molecular complexity index is 899. The highest BCUT2D eigenvalue weighted by atomic mass is 16.5. The van der Waals surface area contributed by atoms with Crippen molar-refractivity contribution in [2.75, 3.05) is 24.0 Å². The van der Waals surface area contributed by atoms with Crippen molar-refractivity contribution in [3.05, 3.63) is 72.1 Å². The van der Waals surface area contributed by atoms with Gasteiger partial charge in [-0.2, -0.15) is 0 Å². The molecule has 0 aliphatic carbocycles. The zero-order chi connectivity index (χ0) is 20.4. The van der Waals surface area contributed by atoms with Gasteiger partial charge in [-0.1, -0.05) is 6.58 Å². The van der Waals surface area contributed by atoms with Gasteiger partial charge in [0.1, 0.15) is 5.82 Å². The van der Waals surface area contributed by atoms with E-state index in [2.05, 4.69) is 16.1 Å². The maximum Gasteiger partial charge on any atom is 0.337 e. The highest BCUT2D eigenvalue weighted by molar-refractivity contribution is 6.50. The average molecular weight is 380 g/mol. The molecular weight excluding hydrogens is 364 g/mol. The number of carbonyl (C=O) groups is 4. The summed E-state index contributed by atoms with van der Waals surface area (Å²) in [5.41, 5.74) is 1.38. The molecule has 0 aromatic heterocycles. The van der Waals surface area contributed by atoms with Crippen LogP contribution in [0.2, 0.25) is 0 Å². The number of methoxy groups -OCH3 is 2. The summed E-state index contributed by atoms with van der Waals surface area (Å²) in [7, 11) is 2.54. The summed E-state index contributed by atoms with van der Waals surface area (Å²) >= 11 is 0. The van der Waals surface area contributed by atoms with Crippen molar-refractivity contribution in [2.45, 2.75) is 0 Å². The zero-order valence-electron chi connectivity index (χ0n) is 15.2. The average Bonchev–Trinajstić information content (AvgIpc) is 2.95. The quantitative estimate of drug-likeness (QED) is 0.596. The Morgan fingerprint density at radius 1 is 0.714 bits per heavy atom. The van der Waals surface area contributed by atoms with E-state index in [0.29, 0.717) is 22.5 Å². The van der Waals surface area contributed by atoms with E-state index in [4.69, 9.17) is 0 Å². The minimum atomic E-state index is -0.784. The van der Waals surface area contributed by atoms with Gasteiger partial charge in [0.2, 0.25) is 0 Å². The van der Waals surface area contributed by atoms with Crippen LogP contribution in [-0.4, -0.2) is 38.0 Å². The second kappa shape index (κ2) is 7.36. The predicted molar refractivity (Wildman–Crippen MR) is 99.7 cm³/mol. The van der Waals surface area contributed by atoms with Gasteiger partial charge in [-0.05, 0) is 48.5 Å². The van der Waals surface area contributed by atoms with Crippen LogP contribution in [0.1, 0.15) is 20.7 Å². The molecule has 8 heteroatoms. The first-order valence-corrected chi connectivity index (χ1v) is 8.13. The molecule has 0 unspecified atom stereocenters. The lowest BCUT2D eigenvalue weighted by Crippen LogP contribution is -2.26. The van der Waals surface area contributed by atoms with E-state index in [0.717, 1.165) is 9.80 Å². The molecule has 28 heavy (non-hydrogen) atoms. The minimum absolute atomic E-state index is 0.131. The van der Waals surface area contributed by atoms with Gasteiger partial charge in [-0.25, -0.2) is 9.59 Å². The Morgan fingerprint density at radius 2 is 1.04 bits per heavy atom. The third-order valence-electron chi connectivity index (χ3n) is 4.20. The van der Waals surface area contributed by atoms with Gasteiger partial charge in [0.05, 0.1) is 36.7 Å². The fourth-order valence-corrected chi connectivity index (χ4v) is 2.79. The van der Waals surface area contributed by atoms with Crippen LogP contribution in [0.4, 0.5) is 11.4 Å². The lowest BCUT2D eigenvalue weighted by Gasteiger charge is -2.20. The summed E-state index contributed by atoms with van der Waals surface area (Å²) < 4.78 is 9.28. The third-order valence-corrected chi connectivity index (χ3v) is 4.20. The number of carbonyl (C=O) groups excluding carboxylic acids is 4. The molecule has 0 saturated carbocycles. The van der Waals surface area contributed by atoms with Crippen LogP contribution in [0.15, 0.2) is 60.9 Å². The lowest BCUT2D eigenvalue weighted by molar-refractivity contribution is -0.133. The monoisotopic (exact) mass is 380 g/mol. The van der Waals surface area contributed by atoms with Crippen molar-refractivity contribution < 1.29 is 28.7 Å². The molecule has 3 rings (SSSR count). The van der Waals surface area contributed by atoms with Gasteiger partial charge in [0.15, 0.2) is 0 Å². The van der Waals surface area contributed by atoms with E-state index in [1.165, 1.54) is 62.8 Å². The van der Waals surface area contributed by atoms with Gasteiger partial charge >= 0.3 is 23.8 Å². The summed E-state index contributed by atoms with van der Waals surface area (Å²) in [5.74, 6) is -2.46. The van der Waals surface area contributed by atoms with Crippen LogP contribution in [0.5, 0.6) is 0 Å². The van der Waals surface area contributed by atoms with Crippen molar-refractivity contribution in [2.24, 2.45) is 0 Å². The number of esters is 2. The summed E-state index contributed by atoms with van der Waals surface area (Å²) in [5, 5.41) is 0. The minimum Gasteiger partial charge on any atom is -0.465 e. The Kier molecular flexibility index (Phi) is 4.95. The highest BCUT2D eigenvalue weighted by Crippen LogP contribution is 2.32. The molecule has 1 fully saturated rings. The van der Waals surface area contributed by atoms with E-state index >= 15 is 0 Å². The Balaban J connectivity index is 1.90. The second-order valence-electron chi connectivity index (χ2n) is 5.77. The van der Waals surface area contributed by atoms with Gasteiger partial charge < -0.3 is 9.47 Å². The Hall–Kier alpha value is -3.94. The molecule has 142 valence electrons. The first-order valence-electron chi connectivity index (χ1n) is 8.13. The zero-order valence-corrected chi connectivity index (χ0v) is 15.2. The number of anilines is 2. The van der Waals surface area contributed by atoms with Crippen LogP contribution in [-0.2, 0) is 19.1 Å². The van der Waals surface area contributed by atoms with Crippen LogP contribution in [0.25, 0.3) is 0 Å². The SMILES string of the molecule is C=C1N(c2ccc(C(=O)OC)cc2)C(=O)C(=O)N1c1ccc(C(=O)OC)cc1. The Labute approximate surface area is 160 Å². The largest absolute Gasteiger partial charge is 0.465 e. The molecule has 0 radical (unpaired) electrons. The van der Waals surface area contributed by atoms with Gasteiger partial charge in [0.25, 0.3) is 0 Å². The van der Waals surface area contributed by atoms with Crippen LogP contribution in [0, 0.1) is 0 Å². The van der Waals surface area contributed by atoms with Crippen molar-refractivity contribution in [1.29, 1.82) is 0 Å². The molecule has 2 amide bonds. The topological polar surface area (TPSA) is 93.2 Å². The van der Waals surface area contributed by atoms with Crippen molar-refractivity contribution in [3.8, 4) is 0 Å². The first-order chi connectivity index (χ1) is 13.4. The van der Waals surface area contributed by atoms with E-state index in [-0.39, 0.29) is 5.82 Å². The molecule has 0 N–H and O–H groups in total. The first kappa shape index (κ1) is 18.8. The van der Waals surface area contributed by atoms with Gasteiger partial charge in [-0.15, -0.1) is 0 Å². The number of nitrogens with zero attached hydrogens (tertiary/aromatic N) is 2. The van der Waals surface area contributed by atoms with E-state index in [1.807, 2.05) is 0 Å².